The zero-order chi connectivity index (χ0) is 16.7. The number of hydrogen-bond acceptors (Lipinski definition) is 6. The largest absolute Gasteiger partial charge is 0.464 e. The van der Waals surface area contributed by atoms with E-state index < -0.39 is 12.0 Å². The lowest BCUT2D eigenvalue weighted by Gasteiger charge is -2.08. The van der Waals surface area contributed by atoms with Crippen molar-refractivity contribution in [2.24, 2.45) is 0 Å². The fraction of sp³-hybridized carbons (Fsp3) is 0.143. The van der Waals surface area contributed by atoms with Crippen molar-refractivity contribution >= 4 is 40.7 Å². The van der Waals surface area contributed by atoms with Gasteiger partial charge in [0.05, 0.1) is 7.11 Å². The monoisotopic (exact) mass is 350 g/mol. The number of methoxy groups -OCH3 is 1. The molecule has 0 unspecified atom stereocenters. The highest BCUT2D eigenvalue weighted by atomic mass is 32.1. The molecule has 0 aliphatic rings. The summed E-state index contributed by atoms with van der Waals surface area (Å²) in [5.41, 5.74) is 1.05. The van der Waals surface area contributed by atoms with E-state index in [-0.39, 0.29) is 5.70 Å². The number of aromatic nitrogens is 2. The van der Waals surface area contributed by atoms with Crippen LogP contribution in [0.15, 0.2) is 42.1 Å². The number of anilines is 1. The molecule has 1 aromatic carbocycles. The normalized spacial score (nSPS) is 10.9. The van der Waals surface area contributed by atoms with E-state index in [0.717, 1.165) is 16.9 Å². The van der Waals surface area contributed by atoms with Gasteiger partial charge in [-0.3, -0.25) is 10.4 Å². The van der Waals surface area contributed by atoms with E-state index in [2.05, 4.69) is 25.6 Å². The molecule has 0 aliphatic carbocycles. The Labute approximate surface area is 141 Å². The molecule has 23 heavy (non-hydrogen) atoms. The van der Waals surface area contributed by atoms with Gasteiger partial charge in [0, 0.05) is 0 Å². The first kappa shape index (κ1) is 16.8. The molecule has 0 aliphatic heterocycles. The van der Waals surface area contributed by atoms with Crippen LogP contribution in [0.25, 0.3) is 0 Å². The molecule has 0 spiro atoms. The predicted molar refractivity (Wildman–Crippen MR) is 89.7 cm³/mol. The number of benzene rings is 1. The van der Waals surface area contributed by atoms with Crippen LogP contribution in [0.5, 0.6) is 0 Å². The first-order chi connectivity index (χ1) is 11.1. The SMILES string of the molecule is COC(=O)/C(=C\Cc1ccccc1)NC(=O)Nc1n[nH]c(=S)s1. The molecule has 1 aromatic heterocycles. The Morgan fingerprint density at radius 2 is 2.13 bits per heavy atom. The van der Waals surface area contributed by atoms with Crippen molar-refractivity contribution in [2.75, 3.05) is 12.4 Å². The average Bonchev–Trinajstić information content (AvgIpc) is 2.96. The van der Waals surface area contributed by atoms with Crippen LogP contribution < -0.4 is 10.6 Å². The first-order valence-corrected chi connectivity index (χ1v) is 7.77. The highest BCUT2D eigenvalue weighted by molar-refractivity contribution is 7.73. The van der Waals surface area contributed by atoms with E-state index in [4.69, 9.17) is 12.2 Å². The summed E-state index contributed by atoms with van der Waals surface area (Å²) < 4.78 is 5.11. The number of aromatic amines is 1. The molecule has 0 radical (unpaired) electrons. The molecule has 2 aromatic rings. The summed E-state index contributed by atoms with van der Waals surface area (Å²) in [6, 6.07) is 8.93. The smallest absolute Gasteiger partial charge is 0.354 e. The van der Waals surface area contributed by atoms with Gasteiger partial charge in [-0.2, -0.15) is 0 Å². The molecule has 1 heterocycles. The second-order valence-electron chi connectivity index (χ2n) is 4.30. The molecule has 0 fully saturated rings. The highest BCUT2D eigenvalue weighted by Gasteiger charge is 2.14. The van der Waals surface area contributed by atoms with Gasteiger partial charge in [0.2, 0.25) is 5.13 Å². The zero-order valence-corrected chi connectivity index (χ0v) is 13.8. The van der Waals surface area contributed by atoms with Crippen LogP contribution in [0, 0.1) is 3.95 Å². The van der Waals surface area contributed by atoms with E-state index in [1.165, 1.54) is 7.11 Å². The van der Waals surface area contributed by atoms with Gasteiger partial charge >= 0.3 is 12.0 Å². The fourth-order valence-electron chi connectivity index (χ4n) is 1.66. The second kappa shape index (κ2) is 8.20. The number of allylic oxidation sites excluding steroid dienone is 1. The lowest BCUT2D eigenvalue weighted by Crippen LogP contribution is -2.32. The van der Waals surface area contributed by atoms with Crippen molar-refractivity contribution in [3.05, 3.63) is 51.6 Å². The second-order valence-corrected chi connectivity index (χ2v) is 5.96. The molecule has 0 bridgehead atoms. The Balaban J connectivity index is 2.04. The first-order valence-electron chi connectivity index (χ1n) is 6.54. The van der Waals surface area contributed by atoms with Gasteiger partial charge in [-0.05, 0) is 30.3 Å². The number of esters is 1. The molecule has 0 saturated heterocycles. The summed E-state index contributed by atoms with van der Waals surface area (Å²) in [5.74, 6) is -0.634. The van der Waals surface area contributed by atoms with E-state index >= 15 is 0 Å². The Morgan fingerprint density at radius 1 is 1.39 bits per heavy atom. The minimum absolute atomic E-state index is 0.0491. The van der Waals surface area contributed by atoms with Crippen molar-refractivity contribution < 1.29 is 14.3 Å². The number of hydrogen-bond donors (Lipinski definition) is 3. The standard InChI is InChI=1S/C14H14N4O3S2/c1-21-11(19)10(8-7-9-5-3-2-4-6-9)15-12(20)16-13-17-18-14(22)23-13/h2-6,8H,7H2,1H3,(H,18,22)(H2,15,16,17,20)/b10-8+. The topological polar surface area (TPSA) is 96.1 Å². The van der Waals surface area contributed by atoms with Crippen LogP contribution in [0.2, 0.25) is 0 Å². The quantitative estimate of drug-likeness (QED) is 0.438. The third-order valence-electron chi connectivity index (χ3n) is 2.70. The van der Waals surface area contributed by atoms with Gasteiger partial charge in [0.25, 0.3) is 0 Å². The highest BCUT2D eigenvalue weighted by Crippen LogP contribution is 2.10. The number of amides is 2. The maximum absolute atomic E-state index is 11.9. The summed E-state index contributed by atoms with van der Waals surface area (Å²) in [6.07, 6.45) is 2.07. The molecular formula is C14H14N4O3S2. The number of carbonyl (C=O) groups is 2. The Bertz CT molecular complexity index is 768. The fourth-order valence-corrected chi connectivity index (χ4v) is 2.45. The van der Waals surface area contributed by atoms with Gasteiger partial charge in [-0.1, -0.05) is 41.7 Å². The molecular weight excluding hydrogens is 336 g/mol. The number of nitrogens with zero attached hydrogens (tertiary/aromatic N) is 1. The van der Waals surface area contributed by atoms with E-state index in [1.807, 2.05) is 30.3 Å². The average molecular weight is 350 g/mol. The zero-order valence-electron chi connectivity index (χ0n) is 12.2. The van der Waals surface area contributed by atoms with Gasteiger partial charge in [0.15, 0.2) is 3.95 Å². The third-order valence-corrected chi connectivity index (χ3v) is 3.70. The maximum Gasteiger partial charge on any atom is 0.354 e. The van der Waals surface area contributed by atoms with Crippen LogP contribution in [0.1, 0.15) is 5.56 Å². The van der Waals surface area contributed by atoms with Crippen molar-refractivity contribution in [2.45, 2.75) is 6.42 Å². The molecule has 120 valence electrons. The number of carbonyl (C=O) groups excluding carboxylic acids is 2. The molecule has 0 atom stereocenters. The van der Waals surface area contributed by atoms with Gasteiger partial charge < -0.3 is 10.1 Å². The van der Waals surface area contributed by atoms with Crippen LogP contribution >= 0.6 is 23.6 Å². The molecule has 9 heteroatoms. The molecule has 2 amide bonds. The van der Waals surface area contributed by atoms with Crippen molar-refractivity contribution in [3.63, 3.8) is 0 Å². The van der Waals surface area contributed by atoms with E-state index in [0.29, 0.717) is 15.5 Å². The summed E-state index contributed by atoms with van der Waals surface area (Å²) in [6.45, 7) is 0. The van der Waals surface area contributed by atoms with E-state index in [1.54, 1.807) is 6.08 Å². The molecule has 7 nitrogen and oxygen atoms in total. The molecule has 0 saturated carbocycles. The number of ether oxygens (including phenoxy) is 1. The summed E-state index contributed by atoms with van der Waals surface area (Å²) in [4.78, 5) is 23.7. The third kappa shape index (κ3) is 5.31. The number of rotatable bonds is 5. The minimum atomic E-state index is -0.634. The van der Waals surface area contributed by atoms with Crippen LogP contribution in [0.3, 0.4) is 0 Å². The summed E-state index contributed by atoms with van der Waals surface area (Å²) >= 11 is 5.98. The van der Waals surface area contributed by atoms with Gasteiger partial charge in [0.1, 0.15) is 5.70 Å². The van der Waals surface area contributed by atoms with Gasteiger partial charge in [-0.15, -0.1) is 5.10 Å². The summed E-state index contributed by atoms with van der Waals surface area (Å²) in [7, 11) is 1.25. The van der Waals surface area contributed by atoms with Crippen LogP contribution in [0.4, 0.5) is 9.93 Å². The minimum Gasteiger partial charge on any atom is -0.464 e. The molecule has 2 rings (SSSR count). The van der Waals surface area contributed by atoms with Crippen LogP contribution in [-0.4, -0.2) is 29.3 Å². The molecule has 3 N–H and O–H groups in total. The van der Waals surface area contributed by atoms with Crippen molar-refractivity contribution in [3.8, 4) is 0 Å². The van der Waals surface area contributed by atoms with Gasteiger partial charge in [-0.25, -0.2) is 9.59 Å². The Kier molecular flexibility index (Phi) is 6.01. The number of nitrogens with one attached hydrogen (secondary N) is 3. The number of H-pyrrole nitrogens is 1. The van der Waals surface area contributed by atoms with Crippen molar-refractivity contribution in [1.29, 1.82) is 0 Å². The van der Waals surface area contributed by atoms with Crippen LogP contribution in [-0.2, 0) is 16.0 Å². The Morgan fingerprint density at radius 3 is 2.74 bits per heavy atom. The lowest BCUT2D eigenvalue weighted by atomic mass is 10.1. The maximum atomic E-state index is 11.9. The number of urea groups is 1. The van der Waals surface area contributed by atoms with Crippen molar-refractivity contribution in [1.82, 2.24) is 15.5 Å². The Hall–Kier alpha value is -2.52. The predicted octanol–water partition coefficient (Wildman–Crippen LogP) is 2.62. The summed E-state index contributed by atoms with van der Waals surface area (Å²) in [5, 5.41) is 11.6. The van der Waals surface area contributed by atoms with E-state index in [9.17, 15) is 9.59 Å². The lowest BCUT2D eigenvalue weighted by molar-refractivity contribution is -0.136.